The average molecular weight is 338 g/mol. The van der Waals surface area contributed by atoms with Crippen LogP contribution in [0.5, 0.6) is 5.75 Å². The Labute approximate surface area is 137 Å². The van der Waals surface area contributed by atoms with E-state index in [0.29, 0.717) is 15.8 Å². The van der Waals surface area contributed by atoms with Gasteiger partial charge >= 0.3 is 0 Å². The highest BCUT2D eigenvalue weighted by molar-refractivity contribution is 6.35. The molecular formula is C15H13Cl2N3O2. The summed E-state index contributed by atoms with van der Waals surface area (Å²) < 4.78 is 5.48. The third kappa shape index (κ3) is 4.72. The fourth-order valence-corrected chi connectivity index (χ4v) is 1.98. The van der Waals surface area contributed by atoms with Crippen LogP contribution in [0.4, 0.5) is 0 Å². The number of benzene rings is 1. The lowest BCUT2D eigenvalue weighted by Gasteiger charge is -2.14. The lowest BCUT2D eigenvalue weighted by Crippen LogP contribution is -2.33. The van der Waals surface area contributed by atoms with E-state index in [4.69, 9.17) is 27.9 Å². The van der Waals surface area contributed by atoms with Gasteiger partial charge in [0.2, 0.25) is 0 Å². The highest BCUT2D eigenvalue weighted by Crippen LogP contribution is 2.28. The van der Waals surface area contributed by atoms with Gasteiger partial charge in [-0.25, -0.2) is 5.43 Å². The Kier molecular flexibility index (Phi) is 5.75. The molecule has 0 aliphatic rings. The molecule has 1 N–H and O–H groups in total. The molecule has 0 fully saturated rings. The Hall–Kier alpha value is -2.11. The van der Waals surface area contributed by atoms with Gasteiger partial charge in [0.15, 0.2) is 6.10 Å². The SMILES string of the molecule is CC(Oc1ccc(Cl)cc1Cl)C(=O)N/N=C/c1cccnc1. The lowest BCUT2D eigenvalue weighted by atomic mass is 10.3. The molecule has 2 rings (SSSR count). The van der Waals surface area contributed by atoms with Crippen LogP contribution in [0.2, 0.25) is 10.0 Å². The topological polar surface area (TPSA) is 63.6 Å². The molecule has 0 saturated carbocycles. The number of carbonyl (C=O) groups is 1. The minimum absolute atomic E-state index is 0.339. The number of carbonyl (C=O) groups excluding carboxylic acids is 1. The summed E-state index contributed by atoms with van der Waals surface area (Å²) in [6, 6.07) is 8.37. The van der Waals surface area contributed by atoms with Crippen molar-refractivity contribution in [3.8, 4) is 5.75 Å². The molecule has 0 spiro atoms. The van der Waals surface area contributed by atoms with E-state index in [9.17, 15) is 4.79 Å². The molecule has 1 aromatic heterocycles. The van der Waals surface area contributed by atoms with Crippen molar-refractivity contribution in [2.45, 2.75) is 13.0 Å². The monoisotopic (exact) mass is 337 g/mol. The number of ether oxygens (including phenoxy) is 1. The van der Waals surface area contributed by atoms with Gasteiger partial charge in [0.1, 0.15) is 5.75 Å². The van der Waals surface area contributed by atoms with Crippen molar-refractivity contribution in [2.24, 2.45) is 5.10 Å². The van der Waals surface area contributed by atoms with E-state index in [1.54, 1.807) is 43.6 Å². The number of nitrogens with one attached hydrogen (secondary N) is 1. The zero-order chi connectivity index (χ0) is 15.9. The molecule has 0 bridgehead atoms. The zero-order valence-electron chi connectivity index (χ0n) is 11.7. The van der Waals surface area contributed by atoms with Crippen molar-refractivity contribution in [1.82, 2.24) is 10.4 Å². The average Bonchev–Trinajstić information content (AvgIpc) is 2.51. The maximum absolute atomic E-state index is 11.9. The van der Waals surface area contributed by atoms with E-state index >= 15 is 0 Å². The number of rotatable bonds is 5. The van der Waals surface area contributed by atoms with Gasteiger partial charge in [-0.2, -0.15) is 5.10 Å². The summed E-state index contributed by atoms with van der Waals surface area (Å²) in [5.74, 6) is -0.0175. The Morgan fingerprint density at radius 3 is 2.91 bits per heavy atom. The largest absolute Gasteiger partial charge is 0.479 e. The molecule has 5 nitrogen and oxygen atoms in total. The van der Waals surface area contributed by atoms with Gasteiger partial charge in [0, 0.05) is 23.0 Å². The van der Waals surface area contributed by atoms with Gasteiger partial charge in [-0.1, -0.05) is 29.3 Å². The van der Waals surface area contributed by atoms with Crippen LogP contribution in [0.1, 0.15) is 12.5 Å². The highest BCUT2D eigenvalue weighted by Gasteiger charge is 2.15. The molecule has 114 valence electrons. The smallest absolute Gasteiger partial charge is 0.280 e. The predicted octanol–water partition coefficient (Wildman–Crippen LogP) is 3.31. The molecule has 0 aliphatic heterocycles. The molecule has 0 radical (unpaired) electrons. The van der Waals surface area contributed by atoms with E-state index in [2.05, 4.69) is 15.5 Å². The van der Waals surface area contributed by atoms with Crippen molar-refractivity contribution >= 4 is 35.3 Å². The summed E-state index contributed by atoms with van der Waals surface area (Å²) >= 11 is 11.8. The lowest BCUT2D eigenvalue weighted by molar-refractivity contribution is -0.127. The number of hydrogen-bond donors (Lipinski definition) is 1. The predicted molar refractivity (Wildman–Crippen MR) is 86.5 cm³/mol. The number of aromatic nitrogens is 1. The number of pyridine rings is 1. The Morgan fingerprint density at radius 2 is 2.23 bits per heavy atom. The first-order chi connectivity index (χ1) is 10.6. The van der Waals surface area contributed by atoms with Crippen LogP contribution in [-0.4, -0.2) is 23.2 Å². The number of halogens is 2. The molecule has 0 aliphatic carbocycles. The molecule has 1 unspecified atom stereocenters. The third-order valence-corrected chi connectivity index (χ3v) is 3.17. The standard InChI is InChI=1S/C15H13Cl2N3O2/c1-10(22-14-5-4-12(16)7-13(14)17)15(21)20-19-9-11-3-2-6-18-8-11/h2-10H,1H3,(H,20,21)/b19-9+. The molecule has 0 saturated heterocycles. The molecule has 2 aromatic rings. The first kappa shape index (κ1) is 16.3. The van der Waals surface area contributed by atoms with Crippen LogP contribution in [0, 0.1) is 0 Å². The summed E-state index contributed by atoms with van der Waals surface area (Å²) in [6.07, 6.45) is 4.02. The second-order valence-electron chi connectivity index (χ2n) is 4.36. The fourth-order valence-electron chi connectivity index (χ4n) is 1.53. The molecule has 22 heavy (non-hydrogen) atoms. The minimum atomic E-state index is -0.760. The van der Waals surface area contributed by atoms with Gasteiger partial charge in [0.25, 0.3) is 5.91 Å². The summed E-state index contributed by atoms with van der Waals surface area (Å²) in [4.78, 5) is 15.8. The molecule has 7 heteroatoms. The van der Waals surface area contributed by atoms with Gasteiger partial charge in [-0.3, -0.25) is 9.78 Å². The van der Waals surface area contributed by atoms with E-state index in [0.717, 1.165) is 5.56 Å². The number of hydrazone groups is 1. The number of hydrogen-bond acceptors (Lipinski definition) is 4. The first-order valence-electron chi connectivity index (χ1n) is 6.41. The van der Waals surface area contributed by atoms with Crippen molar-refractivity contribution in [1.29, 1.82) is 0 Å². The Morgan fingerprint density at radius 1 is 1.41 bits per heavy atom. The van der Waals surface area contributed by atoms with Crippen LogP contribution in [0.25, 0.3) is 0 Å². The second-order valence-corrected chi connectivity index (χ2v) is 5.20. The molecular weight excluding hydrogens is 325 g/mol. The van der Waals surface area contributed by atoms with Crippen molar-refractivity contribution in [3.05, 3.63) is 58.3 Å². The Balaban J connectivity index is 1.91. The normalized spacial score (nSPS) is 12.1. The summed E-state index contributed by atoms with van der Waals surface area (Å²) in [5.41, 5.74) is 3.17. The molecule has 1 aromatic carbocycles. The van der Waals surface area contributed by atoms with E-state index < -0.39 is 12.0 Å². The van der Waals surface area contributed by atoms with Crippen LogP contribution >= 0.6 is 23.2 Å². The summed E-state index contributed by atoms with van der Waals surface area (Å²) in [7, 11) is 0. The number of amides is 1. The first-order valence-corrected chi connectivity index (χ1v) is 7.16. The fraction of sp³-hybridized carbons (Fsp3) is 0.133. The third-order valence-electron chi connectivity index (χ3n) is 2.64. The maximum Gasteiger partial charge on any atom is 0.280 e. The quantitative estimate of drug-likeness (QED) is 0.672. The Bertz CT molecular complexity index is 678. The van der Waals surface area contributed by atoms with Crippen LogP contribution < -0.4 is 10.2 Å². The van der Waals surface area contributed by atoms with Gasteiger partial charge in [-0.05, 0) is 31.2 Å². The molecule has 1 heterocycles. The van der Waals surface area contributed by atoms with Gasteiger partial charge in [-0.15, -0.1) is 0 Å². The van der Waals surface area contributed by atoms with Gasteiger partial charge in [0.05, 0.1) is 11.2 Å². The van der Waals surface area contributed by atoms with Crippen LogP contribution in [0.3, 0.4) is 0 Å². The maximum atomic E-state index is 11.9. The van der Waals surface area contributed by atoms with Crippen LogP contribution in [0.15, 0.2) is 47.8 Å². The van der Waals surface area contributed by atoms with E-state index in [1.807, 2.05) is 6.07 Å². The van der Waals surface area contributed by atoms with Crippen molar-refractivity contribution in [3.63, 3.8) is 0 Å². The second kappa shape index (κ2) is 7.77. The van der Waals surface area contributed by atoms with Crippen molar-refractivity contribution in [2.75, 3.05) is 0 Å². The number of nitrogens with zero attached hydrogens (tertiary/aromatic N) is 2. The van der Waals surface area contributed by atoms with E-state index in [1.165, 1.54) is 6.21 Å². The summed E-state index contributed by atoms with van der Waals surface area (Å²) in [6.45, 7) is 1.60. The zero-order valence-corrected chi connectivity index (χ0v) is 13.2. The van der Waals surface area contributed by atoms with Crippen molar-refractivity contribution < 1.29 is 9.53 Å². The van der Waals surface area contributed by atoms with Gasteiger partial charge < -0.3 is 4.74 Å². The van der Waals surface area contributed by atoms with E-state index in [-0.39, 0.29) is 0 Å². The molecule has 1 atom stereocenters. The molecule has 1 amide bonds. The summed E-state index contributed by atoms with van der Waals surface area (Å²) in [5, 5.41) is 4.68. The highest BCUT2D eigenvalue weighted by atomic mass is 35.5. The van der Waals surface area contributed by atoms with Crippen LogP contribution in [-0.2, 0) is 4.79 Å². The minimum Gasteiger partial charge on any atom is -0.479 e.